The molecule has 0 aromatic carbocycles. The van der Waals surface area contributed by atoms with Gasteiger partial charge in [0.15, 0.2) is 0 Å². The summed E-state index contributed by atoms with van der Waals surface area (Å²) in [6.07, 6.45) is 16.2. The normalized spacial score (nSPS) is 45.7. The Labute approximate surface area is 190 Å². The molecule has 2 heteroatoms. The minimum absolute atomic E-state index is 0.0965. The fourth-order valence-electron chi connectivity index (χ4n) is 9.39. The molecule has 0 heterocycles. The van der Waals surface area contributed by atoms with Gasteiger partial charge in [-0.05, 0) is 106 Å². The Bertz CT molecular complexity index is 813. The number of ketones is 1. The summed E-state index contributed by atoms with van der Waals surface area (Å²) in [5.41, 5.74) is 3.70. The van der Waals surface area contributed by atoms with E-state index in [0.717, 1.165) is 24.2 Å². The van der Waals surface area contributed by atoms with Gasteiger partial charge in [0, 0.05) is 17.8 Å². The third-order valence-corrected chi connectivity index (χ3v) is 11.3. The summed E-state index contributed by atoms with van der Waals surface area (Å²) in [5.74, 6) is 3.52. The van der Waals surface area contributed by atoms with Crippen molar-refractivity contribution in [3.05, 3.63) is 23.3 Å². The van der Waals surface area contributed by atoms with Gasteiger partial charge in [-0.2, -0.15) is 0 Å². The van der Waals surface area contributed by atoms with Crippen LogP contribution in [0.3, 0.4) is 0 Å². The summed E-state index contributed by atoms with van der Waals surface area (Å²) in [6.45, 7) is 11.5. The van der Waals surface area contributed by atoms with Gasteiger partial charge in [-0.1, -0.05) is 44.1 Å². The number of hydrogen-bond donors (Lipinski definition) is 1. The molecule has 5 aliphatic carbocycles. The zero-order chi connectivity index (χ0) is 22.2. The Balaban J connectivity index is 1.39. The molecule has 1 N–H and O–H groups in total. The summed E-state index contributed by atoms with van der Waals surface area (Å²) in [5, 5.41) is 10.8. The Morgan fingerprint density at radius 3 is 2.52 bits per heavy atom. The lowest BCUT2D eigenvalue weighted by Gasteiger charge is -2.60. The molecule has 0 aliphatic heterocycles. The van der Waals surface area contributed by atoms with Crippen LogP contribution < -0.4 is 0 Å². The molecule has 0 radical (unpaired) electrons. The minimum Gasteiger partial charge on any atom is -0.392 e. The number of hydrogen-bond acceptors (Lipinski definition) is 2. The lowest BCUT2D eigenvalue weighted by Crippen LogP contribution is -2.53. The van der Waals surface area contributed by atoms with Gasteiger partial charge in [0.1, 0.15) is 5.78 Å². The number of aliphatic hydroxyl groups excluding tert-OH is 1. The van der Waals surface area contributed by atoms with Crippen LogP contribution in [-0.2, 0) is 4.79 Å². The Hall–Kier alpha value is -0.890. The van der Waals surface area contributed by atoms with Crippen molar-refractivity contribution in [2.75, 3.05) is 0 Å². The van der Waals surface area contributed by atoms with Crippen LogP contribution in [-0.4, -0.2) is 17.0 Å². The first-order valence-corrected chi connectivity index (χ1v) is 13.2. The second kappa shape index (κ2) is 7.31. The highest BCUT2D eigenvalue weighted by Crippen LogP contribution is 2.72. The van der Waals surface area contributed by atoms with Crippen molar-refractivity contribution in [1.82, 2.24) is 0 Å². The molecule has 1 spiro atoms. The number of carbonyl (C=O) groups is 1. The average Bonchev–Trinajstić information content (AvgIpc) is 3.44. The summed E-state index contributed by atoms with van der Waals surface area (Å²) in [6, 6.07) is 0. The summed E-state index contributed by atoms with van der Waals surface area (Å²) in [7, 11) is 0. The van der Waals surface area contributed by atoms with E-state index in [2.05, 4.69) is 46.8 Å². The molecule has 4 fully saturated rings. The number of rotatable bonds is 4. The largest absolute Gasteiger partial charge is 0.392 e. The fourth-order valence-corrected chi connectivity index (χ4v) is 9.39. The molecule has 5 aliphatic rings. The van der Waals surface area contributed by atoms with Crippen molar-refractivity contribution < 1.29 is 9.90 Å². The van der Waals surface area contributed by atoms with Gasteiger partial charge in [-0.15, -0.1) is 0 Å². The van der Waals surface area contributed by atoms with Crippen LogP contribution in [0, 0.1) is 45.8 Å². The molecule has 2 nitrogen and oxygen atoms in total. The zero-order valence-electron chi connectivity index (χ0n) is 20.5. The molecule has 0 aromatic rings. The van der Waals surface area contributed by atoms with Gasteiger partial charge >= 0.3 is 0 Å². The zero-order valence-corrected chi connectivity index (χ0v) is 20.5. The highest BCUT2D eigenvalue weighted by molar-refractivity contribution is 5.82. The van der Waals surface area contributed by atoms with Crippen molar-refractivity contribution in [2.24, 2.45) is 45.8 Å². The molecule has 8 atom stereocenters. The van der Waals surface area contributed by atoms with E-state index in [0.29, 0.717) is 29.0 Å². The first-order valence-electron chi connectivity index (χ1n) is 13.2. The number of allylic oxidation sites excluding steroid dienone is 3. The van der Waals surface area contributed by atoms with Crippen LogP contribution in [0.25, 0.3) is 0 Å². The van der Waals surface area contributed by atoms with E-state index in [1.807, 2.05) is 0 Å². The quantitative estimate of drug-likeness (QED) is 0.500. The molecule has 0 amide bonds. The van der Waals surface area contributed by atoms with Crippen LogP contribution in [0.4, 0.5) is 0 Å². The molecular weight excluding hydrogens is 380 g/mol. The molecule has 0 aromatic heterocycles. The van der Waals surface area contributed by atoms with Crippen molar-refractivity contribution >= 4 is 5.78 Å². The number of fused-ring (bicyclic) bond motifs is 6. The van der Waals surface area contributed by atoms with E-state index >= 15 is 0 Å². The van der Waals surface area contributed by atoms with Gasteiger partial charge in [-0.3, -0.25) is 4.79 Å². The van der Waals surface area contributed by atoms with E-state index in [1.165, 1.54) is 56.9 Å². The molecule has 0 saturated heterocycles. The third kappa shape index (κ3) is 3.10. The molecule has 5 rings (SSSR count). The van der Waals surface area contributed by atoms with Crippen molar-refractivity contribution in [2.45, 2.75) is 105 Å². The molecule has 4 saturated carbocycles. The minimum atomic E-state index is -0.0965. The van der Waals surface area contributed by atoms with Gasteiger partial charge in [0.25, 0.3) is 0 Å². The smallest absolute Gasteiger partial charge is 0.139 e. The summed E-state index contributed by atoms with van der Waals surface area (Å²) >= 11 is 0. The van der Waals surface area contributed by atoms with E-state index in [9.17, 15) is 9.90 Å². The number of carbonyl (C=O) groups excluding carboxylic acids is 1. The third-order valence-electron chi connectivity index (χ3n) is 11.3. The lowest BCUT2D eigenvalue weighted by molar-refractivity contribution is -0.126. The Morgan fingerprint density at radius 2 is 1.84 bits per heavy atom. The molecular formula is C29H44O2. The molecule has 1 unspecified atom stereocenters. The van der Waals surface area contributed by atoms with Crippen LogP contribution in [0.1, 0.15) is 98.8 Å². The number of aliphatic hydroxyl groups is 1. The van der Waals surface area contributed by atoms with Gasteiger partial charge in [0.2, 0.25) is 0 Å². The predicted molar refractivity (Wildman–Crippen MR) is 126 cm³/mol. The highest BCUT2D eigenvalue weighted by Gasteiger charge is 2.65. The summed E-state index contributed by atoms with van der Waals surface area (Å²) in [4.78, 5) is 13.0. The maximum atomic E-state index is 13.0. The van der Waals surface area contributed by atoms with Crippen LogP contribution in [0.2, 0.25) is 0 Å². The van der Waals surface area contributed by atoms with E-state index in [-0.39, 0.29) is 17.4 Å². The number of Topliss-reactive ketones (excluding diaryl/α,β-unsaturated/α-hetero) is 1. The maximum Gasteiger partial charge on any atom is 0.139 e. The summed E-state index contributed by atoms with van der Waals surface area (Å²) < 4.78 is 0. The predicted octanol–water partition coefficient (Wildman–Crippen LogP) is 6.88. The SMILES string of the molecule is CC(C)=CCC(=O)[C@@H](C)[C@H]1CC[C@H]2[C@@H]3CC=C4C5(CC5)C(O)CC[C@]4(C)[C@H]3CC[C@]12C. The van der Waals surface area contributed by atoms with E-state index < -0.39 is 0 Å². The van der Waals surface area contributed by atoms with Crippen molar-refractivity contribution in [3.8, 4) is 0 Å². The van der Waals surface area contributed by atoms with Gasteiger partial charge < -0.3 is 5.11 Å². The van der Waals surface area contributed by atoms with E-state index in [4.69, 9.17) is 0 Å². The van der Waals surface area contributed by atoms with Crippen LogP contribution in [0.5, 0.6) is 0 Å². The highest BCUT2D eigenvalue weighted by atomic mass is 16.3. The van der Waals surface area contributed by atoms with E-state index in [1.54, 1.807) is 5.57 Å². The maximum absolute atomic E-state index is 13.0. The standard InChI is InChI=1S/C29H44O2/c1-18(2)6-10-24(30)19(3)21-8-9-22-20-7-11-25-28(5,23(20)12-14-27(21,22)4)15-13-26(31)29(25)16-17-29/h6,11,19-23,26,31H,7-10,12-17H2,1-5H3/t19-,20-,21+,22-,23-,26?,27+,28+/m0/s1. The second-order valence-electron chi connectivity index (χ2n) is 12.8. The fraction of sp³-hybridized carbons (Fsp3) is 0.828. The average molecular weight is 425 g/mol. The monoisotopic (exact) mass is 424 g/mol. The van der Waals surface area contributed by atoms with Gasteiger partial charge in [-0.25, -0.2) is 0 Å². The van der Waals surface area contributed by atoms with Crippen molar-refractivity contribution in [3.63, 3.8) is 0 Å². The van der Waals surface area contributed by atoms with Gasteiger partial charge in [0.05, 0.1) is 6.10 Å². The first kappa shape index (κ1) is 21.9. The van der Waals surface area contributed by atoms with Crippen molar-refractivity contribution in [1.29, 1.82) is 0 Å². The molecule has 31 heavy (non-hydrogen) atoms. The molecule has 172 valence electrons. The second-order valence-corrected chi connectivity index (χ2v) is 12.8. The Kier molecular flexibility index (Phi) is 5.17. The Morgan fingerprint density at radius 1 is 1.10 bits per heavy atom. The first-order chi connectivity index (χ1) is 14.6. The lowest BCUT2D eigenvalue weighted by atomic mass is 9.45. The molecule has 0 bridgehead atoms. The van der Waals surface area contributed by atoms with Crippen LogP contribution >= 0.6 is 0 Å². The van der Waals surface area contributed by atoms with Crippen LogP contribution in [0.15, 0.2) is 23.3 Å². The topological polar surface area (TPSA) is 37.3 Å².